The van der Waals surface area contributed by atoms with Crippen LogP contribution < -0.4 is 15.5 Å². The maximum atomic E-state index is 14.0. The number of anilines is 3. The zero-order chi connectivity index (χ0) is 17.1. The zero-order valence-corrected chi connectivity index (χ0v) is 13.5. The van der Waals surface area contributed by atoms with Gasteiger partial charge in [0, 0.05) is 18.7 Å². The number of hydrogen-bond donors (Lipinski definition) is 2. The lowest BCUT2D eigenvalue weighted by Gasteiger charge is -2.18. The van der Waals surface area contributed by atoms with Gasteiger partial charge in [-0.3, -0.25) is 4.79 Å². The molecule has 2 aromatic rings. The average Bonchev–Trinajstić information content (AvgIpc) is 2.97. The van der Waals surface area contributed by atoms with E-state index in [9.17, 15) is 13.6 Å². The van der Waals surface area contributed by atoms with Crippen LogP contribution in [0.4, 0.5) is 25.8 Å². The number of rotatable bonds is 3. The van der Waals surface area contributed by atoms with Crippen LogP contribution in [0.5, 0.6) is 0 Å². The number of hydrogen-bond acceptors (Lipinski definition) is 2. The van der Waals surface area contributed by atoms with Crippen molar-refractivity contribution in [1.82, 2.24) is 0 Å². The van der Waals surface area contributed by atoms with Gasteiger partial charge in [-0.1, -0.05) is 12.1 Å². The molecule has 0 saturated carbocycles. The van der Waals surface area contributed by atoms with Crippen molar-refractivity contribution < 1.29 is 13.6 Å². The molecule has 0 radical (unpaired) electrons. The van der Waals surface area contributed by atoms with Crippen molar-refractivity contribution in [2.75, 3.05) is 22.1 Å². The van der Waals surface area contributed by atoms with E-state index in [1.165, 1.54) is 29.2 Å². The molecule has 1 aliphatic heterocycles. The van der Waals surface area contributed by atoms with Crippen molar-refractivity contribution in [3.8, 4) is 0 Å². The second-order valence-corrected chi connectivity index (χ2v) is 5.78. The Morgan fingerprint density at radius 3 is 2.58 bits per heavy atom. The topological polar surface area (TPSA) is 44.4 Å². The van der Waals surface area contributed by atoms with Crippen LogP contribution in [0.1, 0.15) is 12.8 Å². The second-order valence-electron chi connectivity index (χ2n) is 5.37. The molecule has 24 heavy (non-hydrogen) atoms. The van der Waals surface area contributed by atoms with E-state index in [1.807, 2.05) is 0 Å². The highest BCUT2D eigenvalue weighted by Crippen LogP contribution is 2.27. The Morgan fingerprint density at radius 1 is 1.08 bits per heavy atom. The highest BCUT2D eigenvalue weighted by Gasteiger charge is 2.24. The molecule has 1 fully saturated rings. The van der Waals surface area contributed by atoms with Gasteiger partial charge in [-0.2, -0.15) is 0 Å². The molecule has 0 aliphatic carbocycles. The van der Waals surface area contributed by atoms with E-state index in [-0.39, 0.29) is 22.4 Å². The van der Waals surface area contributed by atoms with Crippen molar-refractivity contribution in [2.45, 2.75) is 12.8 Å². The number of nitrogens with one attached hydrogen (secondary N) is 2. The van der Waals surface area contributed by atoms with E-state index in [2.05, 4.69) is 10.6 Å². The lowest BCUT2D eigenvalue weighted by atomic mass is 10.2. The van der Waals surface area contributed by atoms with Crippen LogP contribution in [0.2, 0.25) is 0 Å². The quantitative estimate of drug-likeness (QED) is 0.827. The van der Waals surface area contributed by atoms with Crippen molar-refractivity contribution in [2.24, 2.45) is 0 Å². The number of nitrogens with zero attached hydrogens (tertiary/aromatic N) is 1. The van der Waals surface area contributed by atoms with Crippen LogP contribution in [0.25, 0.3) is 0 Å². The summed E-state index contributed by atoms with van der Waals surface area (Å²) in [7, 11) is 0. The second kappa shape index (κ2) is 6.92. The Labute approximate surface area is 143 Å². The fourth-order valence-electron chi connectivity index (χ4n) is 2.55. The SMILES string of the molecule is O=C1CCCN1c1cc(NC(=S)Nc2ccccc2F)ccc1F. The molecular weight excluding hydrogens is 332 g/mol. The summed E-state index contributed by atoms with van der Waals surface area (Å²) in [5.41, 5.74) is 0.975. The lowest BCUT2D eigenvalue weighted by Crippen LogP contribution is -2.25. The molecule has 0 atom stereocenters. The van der Waals surface area contributed by atoms with Crippen LogP contribution >= 0.6 is 12.2 Å². The number of carbonyl (C=O) groups excluding carboxylic acids is 1. The first kappa shape index (κ1) is 16.3. The largest absolute Gasteiger partial charge is 0.332 e. The smallest absolute Gasteiger partial charge is 0.227 e. The van der Waals surface area contributed by atoms with E-state index in [0.29, 0.717) is 25.1 Å². The predicted octanol–water partition coefficient (Wildman–Crippen LogP) is 3.90. The average molecular weight is 347 g/mol. The molecule has 1 heterocycles. The fourth-order valence-corrected chi connectivity index (χ4v) is 2.78. The maximum Gasteiger partial charge on any atom is 0.227 e. The molecule has 2 N–H and O–H groups in total. The van der Waals surface area contributed by atoms with Crippen LogP contribution in [0.3, 0.4) is 0 Å². The van der Waals surface area contributed by atoms with Gasteiger partial charge in [0.05, 0.1) is 11.4 Å². The van der Waals surface area contributed by atoms with E-state index >= 15 is 0 Å². The van der Waals surface area contributed by atoms with E-state index < -0.39 is 11.6 Å². The van der Waals surface area contributed by atoms with Crippen molar-refractivity contribution in [3.05, 3.63) is 54.1 Å². The molecule has 1 amide bonds. The highest BCUT2D eigenvalue weighted by molar-refractivity contribution is 7.80. The molecule has 0 aromatic heterocycles. The molecule has 1 saturated heterocycles. The van der Waals surface area contributed by atoms with Gasteiger partial charge in [-0.25, -0.2) is 8.78 Å². The summed E-state index contributed by atoms with van der Waals surface area (Å²) in [6, 6.07) is 10.4. The number of para-hydroxylation sites is 1. The Kier molecular flexibility index (Phi) is 4.71. The van der Waals surface area contributed by atoms with Crippen LogP contribution in [-0.4, -0.2) is 17.6 Å². The number of amides is 1. The van der Waals surface area contributed by atoms with Gasteiger partial charge in [-0.05, 0) is 49.0 Å². The van der Waals surface area contributed by atoms with Gasteiger partial charge >= 0.3 is 0 Å². The first-order chi connectivity index (χ1) is 11.5. The van der Waals surface area contributed by atoms with Crippen LogP contribution in [0.15, 0.2) is 42.5 Å². The molecule has 4 nitrogen and oxygen atoms in total. The van der Waals surface area contributed by atoms with Gasteiger partial charge in [0.2, 0.25) is 5.91 Å². The number of halogens is 2. The minimum Gasteiger partial charge on any atom is -0.332 e. The Morgan fingerprint density at radius 2 is 1.88 bits per heavy atom. The third kappa shape index (κ3) is 3.51. The molecular formula is C17H15F2N3OS. The van der Waals surface area contributed by atoms with Gasteiger partial charge < -0.3 is 15.5 Å². The number of thiocarbonyl (C=S) groups is 1. The predicted molar refractivity (Wildman–Crippen MR) is 94.2 cm³/mol. The summed E-state index contributed by atoms with van der Waals surface area (Å²) in [5, 5.41) is 5.79. The van der Waals surface area contributed by atoms with Crippen molar-refractivity contribution in [1.29, 1.82) is 0 Å². The third-order valence-corrected chi connectivity index (χ3v) is 3.89. The summed E-state index contributed by atoms with van der Waals surface area (Å²) < 4.78 is 27.6. The van der Waals surface area contributed by atoms with Gasteiger partial charge in [0.1, 0.15) is 11.6 Å². The standard InChI is InChI=1S/C17H15F2N3OS/c18-12-4-1-2-5-14(12)21-17(24)20-11-7-8-13(19)15(10-11)22-9-3-6-16(22)23/h1-2,4-5,7-8,10H,3,6,9H2,(H2,20,21,24). The third-order valence-electron chi connectivity index (χ3n) is 3.69. The van der Waals surface area contributed by atoms with Crippen LogP contribution in [-0.2, 0) is 4.79 Å². The summed E-state index contributed by atoms with van der Waals surface area (Å²) in [6.45, 7) is 0.497. The Balaban J connectivity index is 1.74. The molecule has 0 unspecified atom stereocenters. The molecule has 1 aliphatic rings. The summed E-state index contributed by atoms with van der Waals surface area (Å²) in [5.74, 6) is -0.994. The van der Waals surface area contributed by atoms with Crippen molar-refractivity contribution >= 4 is 40.3 Å². The normalized spacial score (nSPS) is 13.9. The Bertz CT molecular complexity index is 797. The minimum atomic E-state index is -0.469. The molecule has 0 bridgehead atoms. The first-order valence-electron chi connectivity index (χ1n) is 7.47. The van der Waals surface area contributed by atoms with E-state index in [1.54, 1.807) is 18.2 Å². The maximum absolute atomic E-state index is 14.0. The molecule has 7 heteroatoms. The van der Waals surface area contributed by atoms with Crippen molar-refractivity contribution in [3.63, 3.8) is 0 Å². The fraction of sp³-hybridized carbons (Fsp3) is 0.176. The summed E-state index contributed by atoms with van der Waals surface area (Å²) in [6.07, 6.45) is 1.13. The molecule has 2 aromatic carbocycles. The van der Waals surface area contributed by atoms with Gasteiger partial charge in [-0.15, -0.1) is 0 Å². The lowest BCUT2D eigenvalue weighted by molar-refractivity contribution is -0.117. The number of carbonyl (C=O) groups is 1. The first-order valence-corrected chi connectivity index (χ1v) is 7.88. The van der Waals surface area contributed by atoms with E-state index in [0.717, 1.165) is 0 Å². The number of benzene rings is 2. The van der Waals surface area contributed by atoms with Gasteiger partial charge in [0.15, 0.2) is 5.11 Å². The molecule has 124 valence electrons. The summed E-state index contributed by atoms with van der Waals surface area (Å²) >= 11 is 5.15. The molecule has 0 spiro atoms. The monoisotopic (exact) mass is 347 g/mol. The van der Waals surface area contributed by atoms with Crippen LogP contribution in [0, 0.1) is 11.6 Å². The molecule has 3 rings (SSSR count). The summed E-state index contributed by atoms with van der Waals surface area (Å²) in [4.78, 5) is 13.2. The van der Waals surface area contributed by atoms with Gasteiger partial charge in [0.25, 0.3) is 0 Å². The Hall–Kier alpha value is -2.54. The minimum absolute atomic E-state index is 0.0990. The van der Waals surface area contributed by atoms with E-state index in [4.69, 9.17) is 12.2 Å². The highest BCUT2D eigenvalue weighted by atomic mass is 32.1. The zero-order valence-electron chi connectivity index (χ0n) is 12.7.